The Labute approximate surface area is 143 Å². The van der Waals surface area contributed by atoms with E-state index in [0.717, 1.165) is 38.0 Å². The molecule has 1 aromatic carbocycles. The van der Waals surface area contributed by atoms with Gasteiger partial charge in [-0.25, -0.2) is 0 Å². The van der Waals surface area contributed by atoms with Gasteiger partial charge in [-0.1, -0.05) is 18.2 Å². The minimum atomic E-state index is 0.0429. The molecule has 2 amide bonds. The van der Waals surface area contributed by atoms with Gasteiger partial charge in [-0.2, -0.15) is 0 Å². The molecule has 0 radical (unpaired) electrons. The fourth-order valence-corrected chi connectivity index (χ4v) is 3.60. The number of piperidine rings is 2. The lowest BCUT2D eigenvalue weighted by atomic mass is 9.94. The Bertz CT molecular complexity index is 547. The zero-order valence-corrected chi connectivity index (χ0v) is 14.2. The summed E-state index contributed by atoms with van der Waals surface area (Å²) in [4.78, 5) is 26.6. The Hall–Kier alpha value is -1.88. The highest BCUT2D eigenvalue weighted by Gasteiger charge is 2.28. The van der Waals surface area contributed by atoms with E-state index in [1.54, 1.807) is 0 Å². The van der Waals surface area contributed by atoms with Gasteiger partial charge in [0.25, 0.3) is 5.91 Å². The summed E-state index contributed by atoms with van der Waals surface area (Å²) in [7, 11) is 0. The lowest BCUT2D eigenvalue weighted by Crippen LogP contribution is -2.45. The van der Waals surface area contributed by atoms with Gasteiger partial charge >= 0.3 is 0 Å². The van der Waals surface area contributed by atoms with Crippen molar-refractivity contribution < 1.29 is 9.59 Å². The molecule has 0 bridgehead atoms. The van der Waals surface area contributed by atoms with Crippen LogP contribution in [0.2, 0.25) is 0 Å². The maximum absolute atomic E-state index is 12.4. The Morgan fingerprint density at radius 1 is 1.12 bits per heavy atom. The van der Waals surface area contributed by atoms with Crippen LogP contribution >= 0.6 is 0 Å². The molecule has 0 saturated carbocycles. The Kier molecular flexibility index (Phi) is 5.86. The first-order valence-corrected chi connectivity index (χ1v) is 9.07. The van der Waals surface area contributed by atoms with E-state index >= 15 is 0 Å². The number of carbonyl (C=O) groups is 2. The molecule has 2 N–H and O–H groups in total. The summed E-state index contributed by atoms with van der Waals surface area (Å²) in [5.41, 5.74) is 0.727. The van der Waals surface area contributed by atoms with Crippen molar-refractivity contribution in [3.05, 3.63) is 35.9 Å². The molecule has 1 unspecified atom stereocenters. The van der Waals surface area contributed by atoms with Gasteiger partial charge in [0.2, 0.25) is 5.91 Å². The van der Waals surface area contributed by atoms with Crippen molar-refractivity contribution >= 4 is 11.8 Å². The van der Waals surface area contributed by atoms with Gasteiger partial charge in [0.05, 0.1) is 0 Å². The van der Waals surface area contributed by atoms with E-state index in [9.17, 15) is 9.59 Å². The molecular weight excluding hydrogens is 302 g/mol. The van der Waals surface area contributed by atoms with Crippen molar-refractivity contribution in [2.75, 3.05) is 32.7 Å². The van der Waals surface area contributed by atoms with Crippen LogP contribution < -0.4 is 10.6 Å². The third-order valence-corrected chi connectivity index (χ3v) is 5.14. The van der Waals surface area contributed by atoms with Crippen molar-refractivity contribution in [1.29, 1.82) is 0 Å². The molecule has 1 atom stereocenters. The van der Waals surface area contributed by atoms with Crippen LogP contribution in [0.5, 0.6) is 0 Å². The number of nitrogens with zero attached hydrogens (tertiary/aromatic N) is 1. The van der Waals surface area contributed by atoms with Gasteiger partial charge in [0.15, 0.2) is 0 Å². The van der Waals surface area contributed by atoms with Crippen molar-refractivity contribution in [2.24, 2.45) is 11.8 Å². The summed E-state index contributed by atoms with van der Waals surface area (Å²) >= 11 is 0. The molecule has 2 heterocycles. The van der Waals surface area contributed by atoms with Crippen molar-refractivity contribution in [3.63, 3.8) is 0 Å². The molecule has 0 aliphatic carbocycles. The molecule has 1 aromatic rings. The van der Waals surface area contributed by atoms with E-state index in [0.29, 0.717) is 19.0 Å². The van der Waals surface area contributed by atoms with E-state index in [-0.39, 0.29) is 17.7 Å². The highest BCUT2D eigenvalue weighted by atomic mass is 16.2. The van der Waals surface area contributed by atoms with Gasteiger partial charge in [-0.05, 0) is 56.8 Å². The third-order valence-electron chi connectivity index (χ3n) is 5.14. The van der Waals surface area contributed by atoms with Gasteiger partial charge in [0.1, 0.15) is 0 Å². The monoisotopic (exact) mass is 329 g/mol. The van der Waals surface area contributed by atoms with Crippen LogP contribution in [0.1, 0.15) is 36.0 Å². The number of likely N-dealkylation sites (tertiary alicyclic amines) is 1. The predicted molar refractivity (Wildman–Crippen MR) is 93.7 cm³/mol. The van der Waals surface area contributed by atoms with E-state index in [2.05, 4.69) is 10.6 Å². The molecule has 2 aliphatic heterocycles. The maximum Gasteiger partial charge on any atom is 0.253 e. The lowest BCUT2D eigenvalue weighted by Gasteiger charge is -2.32. The first kappa shape index (κ1) is 17.0. The molecule has 0 aromatic heterocycles. The number of amides is 2. The molecule has 24 heavy (non-hydrogen) atoms. The highest BCUT2D eigenvalue weighted by molar-refractivity contribution is 5.94. The second-order valence-corrected chi connectivity index (χ2v) is 6.89. The Balaban J connectivity index is 1.42. The highest BCUT2D eigenvalue weighted by Crippen LogP contribution is 2.19. The molecule has 130 valence electrons. The molecule has 2 fully saturated rings. The topological polar surface area (TPSA) is 61.4 Å². The largest absolute Gasteiger partial charge is 0.356 e. The maximum atomic E-state index is 12.4. The average Bonchev–Trinajstić information content (AvgIpc) is 2.67. The summed E-state index contributed by atoms with van der Waals surface area (Å²) in [6.07, 6.45) is 3.90. The van der Waals surface area contributed by atoms with Gasteiger partial charge in [-0.15, -0.1) is 0 Å². The molecule has 5 nitrogen and oxygen atoms in total. The number of hydrogen-bond donors (Lipinski definition) is 2. The standard InChI is InChI=1S/C19H27N3O2/c23-18(21-14-15-5-4-10-20-13-15)16-8-11-22(12-9-16)19(24)17-6-2-1-3-7-17/h1-3,6-7,15-16,20H,4-5,8-14H2,(H,21,23). The lowest BCUT2D eigenvalue weighted by molar-refractivity contribution is -0.126. The first-order valence-electron chi connectivity index (χ1n) is 9.07. The zero-order valence-electron chi connectivity index (χ0n) is 14.2. The fourth-order valence-electron chi connectivity index (χ4n) is 3.60. The zero-order chi connectivity index (χ0) is 16.8. The van der Waals surface area contributed by atoms with Crippen LogP contribution in [0.15, 0.2) is 30.3 Å². The summed E-state index contributed by atoms with van der Waals surface area (Å²) < 4.78 is 0. The van der Waals surface area contributed by atoms with Crippen LogP contribution in [0.25, 0.3) is 0 Å². The van der Waals surface area contributed by atoms with Gasteiger partial charge in [-0.3, -0.25) is 9.59 Å². The fraction of sp³-hybridized carbons (Fsp3) is 0.579. The second-order valence-electron chi connectivity index (χ2n) is 6.89. The molecule has 5 heteroatoms. The van der Waals surface area contributed by atoms with Crippen molar-refractivity contribution in [1.82, 2.24) is 15.5 Å². The Morgan fingerprint density at radius 2 is 1.88 bits per heavy atom. The average molecular weight is 329 g/mol. The Morgan fingerprint density at radius 3 is 2.54 bits per heavy atom. The van der Waals surface area contributed by atoms with Gasteiger partial charge < -0.3 is 15.5 Å². The number of carbonyl (C=O) groups excluding carboxylic acids is 2. The van der Waals surface area contributed by atoms with Crippen LogP contribution in [0.3, 0.4) is 0 Å². The molecular formula is C19H27N3O2. The summed E-state index contributed by atoms with van der Waals surface area (Å²) in [5.74, 6) is 0.832. The smallest absolute Gasteiger partial charge is 0.253 e. The minimum Gasteiger partial charge on any atom is -0.356 e. The quantitative estimate of drug-likeness (QED) is 0.883. The second kappa shape index (κ2) is 8.29. The van der Waals surface area contributed by atoms with Crippen molar-refractivity contribution in [3.8, 4) is 0 Å². The van der Waals surface area contributed by atoms with E-state index < -0.39 is 0 Å². The van der Waals surface area contributed by atoms with Crippen LogP contribution in [0, 0.1) is 11.8 Å². The van der Waals surface area contributed by atoms with Crippen LogP contribution in [-0.2, 0) is 4.79 Å². The summed E-state index contributed by atoms with van der Waals surface area (Å²) in [6, 6.07) is 9.37. The first-order chi connectivity index (χ1) is 11.7. The predicted octanol–water partition coefficient (Wildman–Crippen LogP) is 1.65. The van der Waals surface area contributed by atoms with Crippen molar-refractivity contribution in [2.45, 2.75) is 25.7 Å². The van der Waals surface area contributed by atoms with E-state index in [1.165, 1.54) is 12.8 Å². The molecule has 2 saturated heterocycles. The van der Waals surface area contributed by atoms with Gasteiger partial charge in [0, 0.05) is 31.1 Å². The normalized spacial score (nSPS) is 22.2. The third kappa shape index (κ3) is 4.35. The summed E-state index contributed by atoms with van der Waals surface area (Å²) in [6.45, 7) is 4.20. The van der Waals surface area contributed by atoms with Crippen LogP contribution in [-0.4, -0.2) is 49.4 Å². The minimum absolute atomic E-state index is 0.0429. The number of rotatable bonds is 4. The molecule has 3 rings (SSSR count). The SMILES string of the molecule is O=C(NCC1CCCNC1)C1CCN(C(=O)c2ccccc2)CC1. The van der Waals surface area contributed by atoms with Crippen LogP contribution in [0.4, 0.5) is 0 Å². The molecule has 0 spiro atoms. The van der Waals surface area contributed by atoms with E-state index in [1.807, 2.05) is 35.2 Å². The molecule has 2 aliphatic rings. The number of benzene rings is 1. The van der Waals surface area contributed by atoms with E-state index in [4.69, 9.17) is 0 Å². The summed E-state index contributed by atoms with van der Waals surface area (Å²) in [5, 5.41) is 6.49. The number of hydrogen-bond acceptors (Lipinski definition) is 3. The number of nitrogens with one attached hydrogen (secondary N) is 2.